The van der Waals surface area contributed by atoms with E-state index in [1.54, 1.807) is 0 Å². The van der Waals surface area contributed by atoms with Crippen LogP contribution in [0.4, 0.5) is 5.82 Å². The molecule has 136 valence electrons. The van der Waals surface area contributed by atoms with E-state index in [2.05, 4.69) is 10.2 Å². The zero-order chi connectivity index (χ0) is 15.6. The Balaban J connectivity index is 0.00000113. The van der Waals surface area contributed by atoms with Crippen LogP contribution in [0.1, 0.15) is 11.3 Å². The topological polar surface area (TPSA) is 50.3 Å². The Kier molecular flexibility index (Phi) is 7.28. The molecule has 0 aliphatic carbocycles. The Morgan fingerprint density at radius 1 is 1.12 bits per heavy atom. The van der Waals surface area contributed by atoms with Crippen molar-refractivity contribution in [3.05, 3.63) is 40.5 Å². The van der Waals surface area contributed by atoms with E-state index in [1.165, 1.54) is 5.56 Å². The van der Waals surface area contributed by atoms with Crippen LogP contribution in [0.3, 0.4) is 0 Å². The van der Waals surface area contributed by atoms with Gasteiger partial charge in [0.2, 0.25) is 0 Å². The summed E-state index contributed by atoms with van der Waals surface area (Å²) in [5.41, 5.74) is 3.33. The lowest BCUT2D eigenvalue weighted by Crippen LogP contribution is -2.39. The molecule has 1 N–H and O–H groups in total. The van der Waals surface area contributed by atoms with Crippen LogP contribution in [0, 0.1) is 0 Å². The van der Waals surface area contributed by atoms with Gasteiger partial charge in [-0.2, -0.15) is 0 Å². The molecule has 0 radical (unpaired) electrons. The Morgan fingerprint density at radius 3 is 2.68 bits per heavy atom. The van der Waals surface area contributed by atoms with E-state index in [1.807, 2.05) is 24.3 Å². The first-order valence-corrected chi connectivity index (χ1v) is 8.38. The Labute approximate surface area is 165 Å². The molecule has 4 rings (SSSR count). The molecular formula is C17H21Cl3N4O. The van der Waals surface area contributed by atoms with Gasteiger partial charge in [-0.05, 0) is 25.1 Å². The van der Waals surface area contributed by atoms with Crippen molar-refractivity contribution in [1.82, 2.24) is 15.3 Å². The van der Waals surface area contributed by atoms with E-state index in [0.717, 1.165) is 68.7 Å². The molecule has 2 aliphatic heterocycles. The monoisotopic (exact) mass is 402 g/mol. The minimum atomic E-state index is 0. The fourth-order valence-corrected chi connectivity index (χ4v) is 3.32. The second-order valence-electron chi connectivity index (χ2n) is 5.83. The molecule has 25 heavy (non-hydrogen) atoms. The first-order chi connectivity index (χ1) is 11.3. The minimum Gasteiger partial charge on any atom is -0.378 e. The second kappa shape index (κ2) is 9.01. The Bertz CT molecular complexity index is 723. The van der Waals surface area contributed by atoms with E-state index in [-0.39, 0.29) is 24.8 Å². The molecule has 5 nitrogen and oxygen atoms in total. The maximum atomic E-state index is 6.13. The summed E-state index contributed by atoms with van der Waals surface area (Å²) in [6.07, 6.45) is 0.970. The lowest BCUT2D eigenvalue weighted by Gasteiger charge is -2.31. The number of aromatic nitrogens is 2. The number of anilines is 1. The van der Waals surface area contributed by atoms with E-state index < -0.39 is 0 Å². The lowest BCUT2D eigenvalue weighted by molar-refractivity contribution is 0.122. The number of nitrogens with zero attached hydrogens (tertiary/aromatic N) is 3. The normalized spacial score (nSPS) is 16.4. The second-order valence-corrected chi connectivity index (χ2v) is 6.27. The van der Waals surface area contributed by atoms with Gasteiger partial charge in [0, 0.05) is 35.8 Å². The van der Waals surface area contributed by atoms with E-state index in [4.69, 9.17) is 26.3 Å². The maximum absolute atomic E-state index is 6.13. The van der Waals surface area contributed by atoms with Crippen molar-refractivity contribution in [1.29, 1.82) is 0 Å². The van der Waals surface area contributed by atoms with Crippen LogP contribution in [0.15, 0.2) is 24.3 Å². The van der Waals surface area contributed by atoms with Gasteiger partial charge in [-0.25, -0.2) is 9.97 Å². The SMILES string of the molecule is Cl.Cl.Clc1cccc(-c2nc3c(c(N4CCOCC4)n2)CCNC3)c1. The van der Waals surface area contributed by atoms with Crippen LogP contribution in [0.2, 0.25) is 5.02 Å². The number of halogens is 3. The molecule has 1 fully saturated rings. The third-order valence-corrected chi connectivity index (χ3v) is 4.54. The van der Waals surface area contributed by atoms with E-state index >= 15 is 0 Å². The highest BCUT2D eigenvalue weighted by atomic mass is 35.5. The van der Waals surface area contributed by atoms with Gasteiger partial charge in [0.25, 0.3) is 0 Å². The van der Waals surface area contributed by atoms with Crippen molar-refractivity contribution in [2.75, 3.05) is 37.7 Å². The van der Waals surface area contributed by atoms with Gasteiger partial charge in [0.15, 0.2) is 5.82 Å². The number of hydrogen-bond acceptors (Lipinski definition) is 5. The molecule has 1 aromatic carbocycles. The maximum Gasteiger partial charge on any atom is 0.161 e. The molecule has 0 spiro atoms. The summed E-state index contributed by atoms with van der Waals surface area (Å²) >= 11 is 6.13. The molecule has 0 saturated carbocycles. The number of fused-ring (bicyclic) bond motifs is 1. The molecule has 0 unspecified atom stereocenters. The smallest absolute Gasteiger partial charge is 0.161 e. The van der Waals surface area contributed by atoms with E-state index in [9.17, 15) is 0 Å². The molecule has 1 aromatic heterocycles. The Morgan fingerprint density at radius 2 is 1.92 bits per heavy atom. The number of rotatable bonds is 2. The largest absolute Gasteiger partial charge is 0.378 e. The fraction of sp³-hybridized carbons (Fsp3) is 0.412. The summed E-state index contributed by atoms with van der Waals surface area (Å²) in [5, 5.41) is 4.11. The summed E-state index contributed by atoms with van der Waals surface area (Å²) in [5.74, 6) is 1.81. The zero-order valence-electron chi connectivity index (χ0n) is 13.7. The number of hydrogen-bond donors (Lipinski definition) is 1. The van der Waals surface area contributed by atoms with Gasteiger partial charge in [-0.1, -0.05) is 23.7 Å². The summed E-state index contributed by atoms with van der Waals surface area (Å²) in [7, 11) is 0. The Hall–Kier alpha value is -1.11. The molecule has 2 aliphatic rings. The van der Waals surface area contributed by atoms with Crippen LogP contribution in [-0.2, 0) is 17.7 Å². The van der Waals surface area contributed by atoms with E-state index in [0.29, 0.717) is 5.02 Å². The van der Waals surface area contributed by atoms with Crippen molar-refractivity contribution in [2.24, 2.45) is 0 Å². The third-order valence-electron chi connectivity index (χ3n) is 4.31. The average molecular weight is 404 g/mol. The van der Waals surface area contributed by atoms with Gasteiger partial charge in [-0.3, -0.25) is 0 Å². The van der Waals surface area contributed by atoms with Gasteiger partial charge >= 0.3 is 0 Å². The molecule has 3 heterocycles. The number of nitrogens with one attached hydrogen (secondary N) is 1. The quantitative estimate of drug-likeness (QED) is 0.835. The summed E-state index contributed by atoms with van der Waals surface area (Å²) in [6.45, 7) is 5.04. The fourth-order valence-electron chi connectivity index (χ4n) is 3.13. The van der Waals surface area contributed by atoms with Gasteiger partial charge in [0.1, 0.15) is 5.82 Å². The minimum absolute atomic E-state index is 0. The molecule has 8 heteroatoms. The van der Waals surface area contributed by atoms with Crippen LogP contribution < -0.4 is 10.2 Å². The van der Waals surface area contributed by atoms with Crippen molar-refractivity contribution in [2.45, 2.75) is 13.0 Å². The standard InChI is InChI=1S/C17H19ClN4O.2ClH/c18-13-3-1-2-12(10-13)16-20-15-11-19-5-4-14(15)17(21-16)22-6-8-23-9-7-22;;/h1-3,10,19H,4-9,11H2;2*1H. The van der Waals surface area contributed by atoms with Gasteiger partial charge in [-0.15, -0.1) is 24.8 Å². The average Bonchev–Trinajstić information content (AvgIpc) is 2.61. The molecule has 0 atom stereocenters. The van der Waals surface area contributed by atoms with Gasteiger partial charge in [0.05, 0.1) is 18.9 Å². The lowest BCUT2D eigenvalue weighted by atomic mass is 10.1. The number of morpholine rings is 1. The predicted octanol–water partition coefficient (Wildman–Crippen LogP) is 3.12. The van der Waals surface area contributed by atoms with Crippen LogP contribution >= 0.6 is 36.4 Å². The predicted molar refractivity (Wildman–Crippen MR) is 105 cm³/mol. The zero-order valence-corrected chi connectivity index (χ0v) is 16.1. The highest BCUT2D eigenvalue weighted by molar-refractivity contribution is 6.30. The van der Waals surface area contributed by atoms with Crippen molar-refractivity contribution < 1.29 is 4.74 Å². The first kappa shape index (κ1) is 20.2. The summed E-state index contributed by atoms with van der Waals surface area (Å²) in [6, 6.07) is 7.73. The molecule has 0 bridgehead atoms. The third kappa shape index (κ3) is 4.36. The molecular weight excluding hydrogens is 383 g/mol. The van der Waals surface area contributed by atoms with Crippen LogP contribution in [0.5, 0.6) is 0 Å². The highest BCUT2D eigenvalue weighted by Crippen LogP contribution is 2.28. The van der Waals surface area contributed by atoms with Crippen molar-refractivity contribution in [3.63, 3.8) is 0 Å². The number of ether oxygens (including phenoxy) is 1. The van der Waals surface area contributed by atoms with Gasteiger partial charge < -0.3 is 15.0 Å². The summed E-state index contributed by atoms with van der Waals surface area (Å²) < 4.78 is 5.48. The molecule has 1 saturated heterocycles. The number of benzene rings is 1. The molecule has 0 amide bonds. The highest BCUT2D eigenvalue weighted by Gasteiger charge is 2.23. The van der Waals surface area contributed by atoms with Crippen molar-refractivity contribution in [3.8, 4) is 11.4 Å². The van der Waals surface area contributed by atoms with Crippen LogP contribution in [-0.4, -0.2) is 42.8 Å². The summed E-state index contributed by atoms with van der Waals surface area (Å²) in [4.78, 5) is 12.0. The van der Waals surface area contributed by atoms with Crippen molar-refractivity contribution >= 4 is 42.2 Å². The van der Waals surface area contributed by atoms with Crippen LogP contribution in [0.25, 0.3) is 11.4 Å². The first-order valence-electron chi connectivity index (χ1n) is 8.00. The molecule has 2 aromatic rings.